The number of ether oxygens (including phenoxy) is 2. The summed E-state index contributed by atoms with van der Waals surface area (Å²) in [6, 6.07) is 13.6. The van der Waals surface area contributed by atoms with E-state index in [0.717, 1.165) is 18.7 Å². The van der Waals surface area contributed by atoms with E-state index >= 15 is 0 Å². The molecule has 1 amide bonds. The summed E-state index contributed by atoms with van der Waals surface area (Å²) in [6.45, 7) is 5.65. The van der Waals surface area contributed by atoms with E-state index in [1.807, 2.05) is 19.1 Å². The Morgan fingerprint density at radius 2 is 1.89 bits per heavy atom. The number of para-hydroxylation sites is 1. The van der Waals surface area contributed by atoms with Crippen molar-refractivity contribution < 1.29 is 18.7 Å². The van der Waals surface area contributed by atoms with Crippen LogP contribution in [-0.4, -0.2) is 50.3 Å². The van der Waals surface area contributed by atoms with Crippen molar-refractivity contribution in [3.63, 3.8) is 0 Å². The summed E-state index contributed by atoms with van der Waals surface area (Å²) in [7, 11) is 0. The predicted molar refractivity (Wildman–Crippen MR) is 101 cm³/mol. The number of morpholine rings is 1. The fourth-order valence-corrected chi connectivity index (χ4v) is 3.25. The van der Waals surface area contributed by atoms with E-state index in [-0.39, 0.29) is 17.8 Å². The Morgan fingerprint density at radius 3 is 2.59 bits per heavy atom. The lowest BCUT2D eigenvalue weighted by molar-refractivity contribution is 0.0162. The average Bonchev–Trinajstić information content (AvgIpc) is 2.71. The number of hydrogen-bond acceptors (Lipinski definition) is 4. The van der Waals surface area contributed by atoms with Crippen LogP contribution >= 0.6 is 0 Å². The molecule has 1 aliphatic rings. The van der Waals surface area contributed by atoms with E-state index in [1.165, 1.54) is 12.1 Å². The maximum Gasteiger partial charge on any atom is 0.255 e. The van der Waals surface area contributed by atoms with Crippen molar-refractivity contribution in [2.75, 3.05) is 39.5 Å². The van der Waals surface area contributed by atoms with E-state index in [4.69, 9.17) is 9.47 Å². The molecule has 1 saturated heterocycles. The number of benzene rings is 2. The number of nitrogens with one attached hydrogen (secondary N) is 1. The second kappa shape index (κ2) is 9.48. The molecule has 1 aliphatic heterocycles. The van der Waals surface area contributed by atoms with Gasteiger partial charge in [0.25, 0.3) is 5.91 Å². The first-order valence-electron chi connectivity index (χ1n) is 9.26. The van der Waals surface area contributed by atoms with Crippen LogP contribution in [0.2, 0.25) is 0 Å². The molecule has 1 fully saturated rings. The van der Waals surface area contributed by atoms with E-state index in [0.29, 0.717) is 37.7 Å². The summed E-state index contributed by atoms with van der Waals surface area (Å²) in [5.74, 6) is 0.121. The highest BCUT2D eigenvalue weighted by Gasteiger charge is 2.24. The van der Waals surface area contributed by atoms with Gasteiger partial charge in [-0.05, 0) is 36.8 Å². The number of carbonyl (C=O) groups is 1. The highest BCUT2D eigenvalue weighted by molar-refractivity contribution is 5.96. The van der Waals surface area contributed by atoms with Crippen LogP contribution in [-0.2, 0) is 4.74 Å². The topological polar surface area (TPSA) is 50.8 Å². The third-order valence-corrected chi connectivity index (χ3v) is 4.63. The second-order valence-electron chi connectivity index (χ2n) is 6.35. The van der Waals surface area contributed by atoms with Gasteiger partial charge in [-0.25, -0.2) is 4.39 Å². The molecule has 0 radical (unpaired) electrons. The van der Waals surface area contributed by atoms with Gasteiger partial charge in [-0.2, -0.15) is 0 Å². The van der Waals surface area contributed by atoms with Gasteiger partial charge < -0.3 is 14.8 Å². The molecule has 27 heavy (non-hydrogen) atoms. The molecule has 1 heterocycles. The number of rotatable bonds is 7. The maximum atomic E-state index is 13.3. The van der Waals surface area contributed by atoms with Crippen molar-refractivity contribution in [3.8, 4) is 5.75 Å². The minimum atomic E-state index is -0.269. The van der Waals surface area contributed by atoms with Gasteiger partial charge in [0.2, 0.25) is 0 Å². The second-order valence-corrected chi connectivity index (χ2v) is 6.35. The summed E-state index contributed by atoms with van der Waals surface area (Å²) < 4.78 is 24.3. The lowest BCUT2D eigenvalue weighted by Gasteiger charge is -2.35. The third kappa shape index (κ3) is 5.05. The molecule has 1 atom stereocenters. The molecule has 0 saturated carbocycles. The predicted octanol–water partition coefficient (Wildman–Crippen LogP) is 3.03. The fraction of sp³-hybridized carbons (Fsp3) is 0.381. The van der Waals surface area contributed by atoms with Gasteiger partial charge in [0, 0.05) is 19.6 Å². The molecule has 144 valence electrons. The fourth-order valence-electron chi connectivity index (χ4n) is 3.25. The monoisotopic (exact) mass is 372 g/mol. The van der Waals surface area contributed by atoms with Crippen molar-refractivity contribution in [2.45, 2.75) is 13.0 Å². The lowest BCUT2D eigenvalue weighted by atomic mass is 10.0. The highest BCUT2D eigenvalue weighted by atomic mass is 19.1. The molecule has 0 aliphatic carbocycles. The summed E-state index contributed by atoms with van der Waals surface area (Å²) >= 11 is 0. The van der Waals surface area contributed by atoms with E-state index in [2.05, 4.69) is 10.2 Å². The van der Waals surface area contributed by atoms with Gasteiger partial charge in [-0.15, -0.1) is 0 Å². The molecule has 5 nitrogen and oxygen atoms in total. The molecule has 6 heteroatoms. The van der Waals surface area contributed by atoms with E-state index in [1.54, 1.807) is 24.3 Å². The van der Waals surface area contributed by atoms with Crippen LogP contribution in [0.4, 0.5) is 4.39 Å². The Morgan fingerprint density at radius 1 is 1.19 bits per heavy atom. The van der Waals surface area contributed by atoms with Gasteiger partial charge >= 0.3 is 0 Å². The molecule has 1 unspecified atom stereocenters. The van der Waals surface area contributed by atoms with Gasteiger partial charge in [-0.1, -0.05) is 24.3 Å². The van der Waals surface area contributed by atoms with E-state index in [9.17, 15) is 9.18 Å². The average molecular weight is 372 g/mol. The van der Waals surface area contributed by atoms with Crippen LogP contribution in [0.3, 0.4) is 0 Å². The van der Waals surface area contributed by atoms with Crippen molar-refractivity contribution in [2.24, 2.45) is 0 Å². The largest absolute Gasteiger partial charge is 0.493 e. The zero-order valence-corrected chi connectivity index (χ0v) is 15.5. The normalized spacial score (nSPS) is 15.9. The Kier molecular flexibility index (Phi) is 6.79. The van der Waals surface area contributed by atoms with Crippen LogP contribution in [0.5, 0.6) is 5.75 Å². The van der Waals surface area contributed by atoms with Crippen molar-refractivity contribution in [3.05, 3.63) is 65.5 Å². The third-order valence-electron chi connectivity index (χ3n) is 4.63. The molecular weight excluding hydrogens is 347 g/mol. The molecule has 0 bridgehead atoms. The van der Waals surface area contributed by atoms with Crippen LogP contribution in [0.15, 0.2) is 48.5 Å². The molecule has 2 aromatic rings. The SMILES string of the molecule is CCOc1ccccc1C(=O)NCC(c1ccc(F)cc1)N1CCOCC1. The standard InChI is InChI=1S/C21H25FN2O3/c1-2-27-20-6-4-3-5-18(20)21(25)23-15-19(24-11-13-26-14-12-24)16-7-9-17(22)10-8-16/h3-10,19H,2,11-15H2,1H3,(H,23,25). The van der Waals surface area contributed by atoms with Crippen LogP contribution in [0.25, 0.3) is 0 Å². The first-order valence-corrected chi connectivity index (χ1v) is 9.26. The summed E-state index contributed by atoms with van der Waals surface area (Å²) in [6.07, 6.45) is 0. The van der Waals surface area contributed by atoms with E-state index < -0.39 is 0 Å². The first kappa shape index (κ1) is 19.3. The first-order chi connectivity index (χ1) is 13.2. The lowest BCUT2D eigenvalue weighted by Crippen LogP contribution is -2.43. The number of nitrogens with zero attached hydrogens (tertiary/aromatic N) is 1. The van der Waals surface area contributed by atoms with Gasteiger partial charge in [0.05, 0.1) is 31.4 Å². The van der Waals surface area contributed by atoms with Crippen LogP contribution in [0, 0.1) is 5.82 Å². The number of carbonyl (C=O) groups excluding carboxylic acids is 1. The minimum absolute atomic E-state index is 0.0438. The summed E-state index contributed by atoms with van der Waals surface area (Å²) in [4.78, 5) is 15.0. The quantitative estimate of drug-likeness (QED) is 0.812. The highest BCUT2D eigenvalue weighted by Crippen LogP contribution is 2.23. The number of amides is 1. The Bertz CT molecular complexity index is 745. The Hall–Kier alpha value is -2.44. The van der Waals surface area contributed by atoms with Gasteiger partial charge in [0.15, 0.2) is 0 Å². The number of halogens is 1. The Balaban J connectivity index is 1.74. The maximum absolute atomic E-state index is 13.3. The molecule has 1 N–H and O–H groups in total. The molecule has 0 aromatic heterocycles. The summed E-state index contributed by atoms with van der Waals surface area (Å²) in [5.41, 5.74) is 1.48. The zero-order valence-electron chi connectivity index (χ0n) is 15.5. The summed E-state index contributed by atoms with van der Waals surface area (Å²) in [5, 5.41) is 3.01. The Labute approximate surface area is 159 Å². The van der Waals surface area contributed by atoms with Gasteiger partial charge in [0.1, 0.15) is 11.6 Å². The van der Waals surface area contributed by atoms with Crippen molar-refractivity contribution in [1.82, 2.24) is 10.2 Å². The van der Waals surface area contributed by atoms with Crippen molar-refractivity contribution >= 4 is 5.91 Å². The minimum Gasteiger partial charge on any atom is -0.493 e. The van der Waals surface area contributed by atoms with Crippen LogP contribution in [0.1, 0.15) is 28.9 Å². The smallest absolute Gasteiger partial charge is 0.255 e. The van der Waals surface area contributed by atoms with Gasteiger partial charge in [-0.3, -0.25) is 9.69 Å². The molecule has 3 rings (SSSR count). The zero-order chi connectivity index (χ0) is 19.1. The molecular formula is C21H25FN2O3. The molecule has 0 spiro atoms. The molecule has 2 aromatic carbocycles. The van der Waals surface area contributed by atoms with Crippen molar-refractivity contribution in [1.29, 1.82) is 0 Å². The number of hydrogen-bond donors (Lipinski definition) is 1. The van der Waals surface area contributed by atoms with Crippen LogP contribution < -0.4 is 10.1 Å².